The molecule has 3 nitrogen and oxygen atoms in total. The molecule has 0 radical (unpaired) electrons. The smallest absolute Gasteiger partial charge is 0.335 e. The summed E-state index contributed by atoms with van der Waals surface area (Å²) >= 11 is 0. The second kappa shape index (κ2) is 6.04. The zero-order valence-corrected chi connectivity index (χ0v) is 10.5. The van der Waals surface area contributed by atoms with E-state index in [1.807, 2.05) is 0 Å². The van der Waals surface area contributed by atoms with Crippen molar-refractivity contribution in [3.8, 4) is 0 Å². The van der Waals surface area contributed by atoms with E-state index in [0.29, 0.717) is 24.0 Å². The Morgan fingerprint density at radius 1 is 1.44 bits per heavy atom. The Balaban J connectivity index is 2.53. The van der Waals surface area contributed by atoms with E-state index in [-0.39, 0.29) is 12.3 Å². The maximum atomic E-state index is 11.4. The molecule has 16 heavy (non-hydrogen) atoms. The van der Waals surface area contributed by atoms with E-state index in [0.717, 1.165) is 19.3 Å². The van der Waals surface area contributed by atoms with Crippen molar-refractivity contribution < 1.29 is 14.3 Å². The van der Waals surface area contributed by atoms with Gasteiger partial charge in [0.2, 0.25) is 6.29 Å². The van der Waals surface area contributed by atoms with Crippen LogP contribution in [0.15, 0.2) is 12.2 Å². The van der Waals surface area contributed by atoms with E-state index in [4.69, 9.17) is 9.47 Å². The molecule has 1 fully saturated rings. The molecular weight excluding hydrogens is 204 g/mol. The zero-order chi connectivity index (χ0) is 12.1. The lowest BCUT2D eigenvalue weighted by atomic mass is 9.88. The molecule has 0 bridgehead atoms. The number of carbonyl (C=O) groups excluding carboxylic acids is 1. The van der Waals surface area contributed by atoms with E-state index in [2.05, 4.69) is 20.4 Å². The third kappa shape index (κ3) is 3.34. The number of hydrogen-bond acceptors (Lipinski definition) is 3. The highest BCUT2D eigenvalue weighted by Gasteiger charge is 2.32. The van der Waals surface area contributed by atoms with Crippen molar-refractivity contribution in [2.24, 2.45) is 11.8 Å². The minimum Gasteiger partial charge on any atom is -0.432 e. The van der Waals surface area contributed by atoms with Gasteiger partial charge >= 0.3 is 5.97 Å². The average Bonchev–Trinajstić information content (AvgIpc) is 2.29. The summed E-state index contributed by atoms with van der Waals surface area (Å²) < 4.78 is 10.9. The van der Waals surface area contributed by atoms with Crippen molar-refractivity contribution in [3.63, 3.8) is 0 Å². The minimum absolute atomic E-state index is 0.321. The number of rotatable bonds is 4. The van der Waals surface area contributed by atoms with Crippen LogP contribution in [0.4, 0.5) is 0 Å². The lowest BCUT2D eigenvalue weighted by Gasteiger charge is -2.34. The molecule has 92 valence electrons. The Kier molecular flexibility index (Phi) is 5.00. The molecule has 0 aliphatic carbocycles. The summed E-state index contributed by atoms with van der Waals surface area (Å²) in [4.78, 5) is 11.4. The topological polar surface area (TPSA) is 35.5 Å². The number of esters is 1. The largest absolute Gasteiger partial charge is 0.432 e. The molecule has 3 unspecified atom stereocenters. The highest BCUT2D eigenvalue weighted by Crippen LogP contribution is 2.30. The quantitative estimate of drug-likeness (QED) is 0.546. The molecular formula is C13H22O3. The van der Waals surface area contributed by atoms with Crippen molar-refractivity contribution in [2.75, 3.05) is 6.61 Å². The maximum Gasteiger partial charge on any atom is 0.335 e. The highest BCUT2D eigenvalue weighted by molar-refractivity contribution is 5.87. The molecule has 1 rings (SSSR count). The van der Waals surface area contributed by atoms with Crippen molar-refractivity contribution >= 4 is 5.97 Å². The second-order valence-corrected chi connectivity index (χ2v) is 4.57. The summed E-state index contributed by atoms with van der Waals surface area (Å²) in [5, 5.41) is 0. The van der Waals surface area contributed by atoms with Gasteiger partial charge in [-0.3, -0.25) is 0 Å². The van der Waals surface area contributed by atoms with Gasteiger partial charge in [0, 0.05) is 11.5 Å². The molecule has 0 amide bonds. The molecule has 0 N–H and O–H groups in total. The molecule has 0 aromatic heterocycles. The maximum absolute atomic E-state index is 11.4. The van der Waals surface area contributed by atoms with Gasteiger partial charge in [-0.05, 0) is 25.7 Å². The molecule has 3 atom stereocenters. The first-order valence-corrected chi connectivity index (χ1v) is 6.06. The normalized spacial score (nSPS) is 29.8. The molecule has 1 aliphatic heterocycles. The SMILES string of the molecule is C=C(C)C(=O)OC1OCC(CC)CC1CC. The van der Waals surface area contributed by atoms with Gasteiger partial charge in [0.05, 0.1) is 6.61 Å². The predicted octanol–water partition coefficient (Wildman–Crippen LogP) is 2.90. The first-order chi connectivity index (χ1) is 7.58. The van der Waals surface area contributed by atoms with Crippen LogP contribution in [0, 0.1) is 11.8 Å². The molecule has 0 aromatic rings. The summed E-state index contributed by atoms with van der Waals surface area (Å²) in [7, 11) is 0. The van der Waals surface area contributed by atoms with Crippen LogP contribution in [-0.4, -0.2) is 18.9 Å². The molecule has 0 saturated carbocycles. The number of carbonyl (C=O) groups is 1. The van der Waals surface area contributed by atoms with Gasteiger partial charge in [-0.15, -0.1) is 0 Å². The van der Waals surface area contributed by atoms with Gasteiger partial charge in [-0.2, -0.15) is 0 Å². The Labute approximate surface area is 97.8 Å². The molecule has 1 heterocycles. The fourth-order valence-corrected chi connectivity index (χ4v) is 1.95. The van der Waals surface area contributed by atoms with E-state index < -0.39 is 0 Å². The fraction of sp³-hybridized carbons (Fsp3) is 0.769. The lowest BCUT2D eigenvalue weighted by molar-refractivity contribution is -0.207. The summed E-state index contributed by atoms with van der Waals surface area (Å²) in [6.45, 7) is 10.2. The standard InChI is InChI=1S/C13H22O3/c1-5-10-7-11(6-2)13(15-8-10)16-12(14)9(3)4/h10-11,13H,3,5-8H2,1-2,4H3. The second-order valence-electron chi connectivity index (χ2n) is 4.57. The van der Waals surface area contributed by atoms with Crippen molar-refractivity contribution in [1.29, 1.82) is 0 Å². The monoisotopic (exact) mass is 226 g/mol. The minimum atomic E-state index is -0.378. The highest BCUT2D eigenvalue weighted by atomic mass is 16.7. The van der Waals surface area contributed by atoms with E-state index in [9.17, 15) is 4.79 Å². The van der Waals surface area contributed by atoms with E-state index in [1.165, 1.54) is 0 Å². The van der Waals surface area contributed by atoms with E-state index in [1.54, 1.807) is 6.92 Å². The zero-order valence-electron chi connectivity index (χ0n) is 10.5. The van der Waals surface area contributed by atoms with Gasteiger partial charge in [0.15, 0.2) is 0 Å². The van der Waals surface area contributed by atoms with Crippen LogP contribution in [0.3, 0.4) is 0 Å². The first-order valence-electron chi connectivity index (χ1n) is 6.06. The number of hydrogen-bond donors (Lipinski definition) is 0. The van der Waals surface area contributed by atoms with Crippen molar-refractivity contribution in [2.45, 2.75) is 46.3 Å². The third-order valence-corrected chi connectivity index (χ3v) is 3.19. The van der Waals surface area contributed by atoms with Crippen molar-refractivity contribution in [1.82, 2.24) is 0 Å². The van der Waals surface area contributed by atoms with Crippen LogP contribution in [0.2, 0.25) is 0 Å². The summed E-state index contributed by atoms with van der Waals surface area (Å²) in [5.41, 5.74) is 0.427. The van der Waals surface area contributed by atoms with Crippen LogP contribution in [-0.2, 0) is 14.3 Å². The van der Waals surface area contributed by atoms with Gasteiger partial charge in [0.25, 0.3) is 0 Å². The Bertz CT molecular complexity index is 260. The summed E-state index contributed by atoms with van der Waals surface area (Å²) in [6, 6.07) is 0. The Morgan fingerprint density at radius 2 is 2.12 bits per heavy atom. The third-order valence-electron chi connectivity index (χ3n) is 3.19. The van der Waals surface area contributed by atoms with Gasteiger partial charge in [-0.1, -0.05) is 26.8 Å². The molecule has 0 aromatic carbocycles. The Morgan fingerprint density at radius 3 is 2.62 bits per heavy atom. The molecule has 1 saturated heterocycles. The van der Waals surface area contributed by atoms with Crippen LogP contribution in [0.5, 0.6) is 0 Å². The van der Waals surface area contributed by atoms with Crippen LogP contribution >= 0.6 is 0 Å². The van der Waals surface area contributed by atoms with Gasteiger partial charge in [0.1, 0.15) is 0 Å². The lowest BCUT2D eigenvalue weighted by Crippen LogP contribution is -2.37. The van der Waals surface area contributed by atoms with Crippen LogP contribution in [0.1, 0.15) is 40.0 Å². The van der Waals surface area contributed by atoms with Crippen molar-refractivity contribution in [3.05, 3.63) is 12.2 Å². The summed E-state index contributed by atoms with van der Waals surface area (Å²) in [6.07, 6.45) is 2.81. The number of ether oxygens (including phenoxy) is 2. The molecule has 3 heteroatoms. The molecule has 1 aliphatic rings. The first kappa shape index (κ1) is 13.2. The van der Waals surface area contributed by atoms with Crippen LogP contribution in [0.25, 0.3) is 0 Å². The van der Waals surface area contributed by atoms with Gasteiger partial charge < -0.3 is 9.47 Å². The average molecular weight is 226 g/mol. The predicted molar refractivity (Wildman–Crippen MR) is 62.8 cm³/mol. The van der Waals surface area contributed by atoms with Crippen LogP contribution < -0.4 is 0 Å². The fourth-order valence-electron chi connectivity index (χ4n) is 1.95. The van der Waals surface area contributed by atoms with E-state index >= 15 is 0 Å². The Hall–Kier alpha value is -0.830. The van der Waals surface area contributed by atoms with Gasteiger partial charge in [-0.25, -0.2) is 4.79 Å². The molecule has 0 spiro atoms. The summed E-state index contributed by atoms with van der Waals surface area (Å²) in [5.74, 6) is 0.574.